The Morgan fingerprint density at radius 1 is 1.15 bits per heavy atom. The monoisotopic (exact) mass is 274 g/mol. The average molecular weight is 274 g/mol. The molecule has 0 heterocycles. The fourth-order valence-corrected chi connectivity index (χ4v) is 1.70. The van der Waals surface area contributed by atoms with Crippen LogP contribution in [0.15, 0.2) is 36.4 Å². The molecule has 6 heteroatoms. The van der Waals surface area contributed by atoms with Gasteiger partial charge in [0.1, 0.15) is 17.2 Å². The van der Waals surface area contributed by atoms with Crippen molar-refractivity contribution in [2.45, 2.75) is 0 Å². The maximum atomic E-state index is 12.0. The van der Waals surface area contributed by atoms with Gasteiger partial charge in [0.15, 0.2) is 0 Å². The van der Waals surface area contributed by atoms with E-state index in [-0.39, 0.29) is 17.1 Å². The minimum Gasteiger partial charge on any atom is -0.508 e. The van der Waals surface area contributed by atoms with Crippen molar-refractivity contribution in [3.05, 3.63) is 42.0 Å². The van der Waals surface area contributed by atoms with Gasteiger partial charge in [0.25, 0.3) is 5.91 Å². The quantitative estimate of drug-likeness (QED) is 0.640. The molecule has 20 heavy (non-hydrogen) atoms. The Hall–Kier alpha value is -2.89. The lowest BCUT2D eigenvalue weighted by Gasteiger charge is -2.10. The SMILES string of the molecule is COc1ccc(NC(=O)c2cc(O)cc(O)c2)c(N)c1. The lowest BCUT2D eigenvalue weighted by molar-refractivity contribution is 0.102. The average Bonchev–Trinajstić information content (AvgIpc) is 2.39. The van der Waals surface area contributed by atoms with E-state index in [0.29, 0.717) is 17.1 Å². The van der Waals surface area contributed by atoms with Gasteiger partial charge in [-0.25, -0.2) is 0 Å². The summed E-state index contributed by atoms with van der Waals surface area (Å²) in [6.45, 7) is 0. The van der Waals surface area contributed by atoms with Gasteiger partial charge < -0.3 is 26.0 Å². The number of carbonyl (C=O) groups excluding carboxylic acids is 1. The maximum Gasteiger partial charge on any atom is 0.255 e. The molecule has 0 saturated carbocycles. The number of nitrogen functional groups attached to an aromatic ring is 1. The second-order valence-electron chi connectivity index (χ2n) is 4.15. The van der Waals surface area contributed by atoms with E-state index in [0.717, 1.165) is 6.07 Å². The molecule has 1 amide bonds. The number of hydrogen-bond donors (Lipinski definition) is 4. The normalized spacial score (nSPS) is 10.1. The van der Waals surface area contributed by atoms with E-state index < -0.39 is 5.91 Å². The summed E-state index contributed by atoms with van der Waals surface area (Å²) in [5.74, 6) is -0.306. The zero-order valence-electron chi connectivity index (χ0n) is 10.8. The highest BCUT2D eigenvalue weighted by Crippen LogP contribution is 2.26. The molecule has 0 fully saturated rings. The number of methoxy groups -OCH3 is 1. The predicted molar refractivity (Wildman–Crippen MR) is 75.1 cm³/mol. The minimum absolute atomic E-state index is 0.123. The summed E-state index contributed by atoms with van der Waals surface area (Å²) in [4.78, 5) is 12.0. The Morgan fingerprint density at radius 3 is 2.35 bits per heavy atom. The van der Waals surface area contributed by atoms with Crippen LogP contribution >= 0.6 is 0 Å². The van der Waals surface area contributed by atoms with Crippen molar-refractivity contribution >= 4 is 17.3 Å². The van der Waals surface area contributed by atoms with Gasteiger partial charge in [-0.15, -0.1) is 0 Å². The molecule has 104 valence electrons. The zero-order chi connectivity index (χ0) is 14.7. The van der Waals surface area contributed by atoms with Crippen molar-refractivity contribution in [3.63, 3.8) is 0 Å². The Kier molecular flexibility index (Phi) is 3.65. The van der Waals surface area contributed by atoms with Crippen LogP contribution in [0.4, 0.5) is 11.4 Å². The van der Waals surface area contributed by atoms with Crippen LogP contribution in [0.5, 0.6) is 17.2 Å². The highest BCUT2D eigenvalue weighted by molar-refractivity contribution is 6.06. The molecule has 0 atom stereocenters. The van der Waals surface area contributed by atoms with Gasteiger partial charge in [-0.2, -0.15) is 0 Å². The van der Waals surface area contributed by atoms with Gasteiger partial charge in [0.05, 0.1) is 18.5 Å². The summed E-state index contributed by atoms with van der Waals surface area (Å²) >= 11 is 0. The van der Waals surface area contributed by atoms with Crippen molar-refractivity contribution in [1.29, 1.82) is 0 Å². The maximum absolute atomic E-state index is 12.0. The van der Waals surface area contributed by atoms with Crippen LogP contribution in [0.2, 0.25) is 0 Å². The summed E-state index contributed by atoms with van der Waals surface area (Å²) in [6.07, 6.45) is 0. The highest BCUT2D eigenvalue weighted by atomic mass is 16.5. The van der Waals surface area contributed by atoms with Gasteiger partial charge in [0.2, 0.25) is 0 Å². The van der Waals surface area contributed by atoms with Crippen LogP contribution in [0.25, 0.3) is 0 Å². The van der Waals surface area contributed by atoms with Gasteiger partial charge in [-0.3, -0.25) is 4.79 Å². The molecule has 0 aliphatic carbocycles. The molecule has 0 aliphatic heterocycles. The lowest BCUT2D eigenvalue weighted by atomic mass is 10.1. The van der Waals surface area contributed by atoms with Gasteiger partial charge in [-0.1, -0.05) is 0 Å². The van der Waals surface area contributed by atoms with E-state index in [1.165, 1.54) is 19.2 Å². The van der Waals surface area contributed by atoms with E-state index >= 15 is 0 Å². The van der Waals surface area contributed by atoms with Crippen molar-refractivity contribution in [1.82, 2.24) is 0 Å². The Labute approximate surface area is 115 Å². The molecule has 0 aromatic heterocycles. The Morgan fingerprint density at radius 2 is 1.80 bits per heavy atom. The van der Waals surface area contributed by atoms with Crippen LogP contribution < -0.4 is 15.8 Å². The molecule has 0 saturated heterocycles. The van der Waals surface area contributed by atoms with Crippen molar-refractivity contribution in [2.24, 2.45) is 0 Å². The summed E-state index contributed by atoms with van der Waals surface area (Å²) < 4.78 is 5.01. The van der Waals surface area contributed by atoms with Crippen LogP contribution in [-0.4, -0.2) is 23.2 Å². The van der Waals surface area contributed by atoms with E-state index in [1.54, 1.807) is 18.2 Å². The standard InChI is InChI=1S/C14H14N2O4/c1-20-11-2-3-13(12(15)7-11)16-14(19)8-4-9(17)6-10(18)5-8/h2-7,17-18H,15H2,1H3,(H,16,19). The number of benzene rings is 2. The first-order valence-electron chi connectivity index (χ1n) is 5.77. The molecule has 0 aliphatic rings. The molecule has 2 aromatic rings. The van der Waals surface area contributed by atoms with E-state index in [9.17, 15) is 15.0 Å². The van der Waals surface area contributed by atoms with Crippen molar-refractivity contribution < 1.29 is 19.7 Å². The third-order valence-electron chi connectivity index (χ3n) is 2.67. The molecule has 5 N–H and O–H groups in total. The topological polar surface area (TPSA) is 105 Å². The first kappa shape index (κ1) is 13.5. The number of hydrogen-bond acceptors (Lipinski definition) is 5. The largest absolute Gasteiger partial charge is 0.508 e. The second-order valence-corrected chi connectivity index (χ2v) is 4.15. The highest BCUT2D eigenvalue weighted by Gasteiger charge is 2.11. The molecule has 0 unspecified atom stereocenters. The summed E-state index contributed by atoms with van der Waals surface area (Å²) in [7, 11) is 1.52. The zero-order valence-corrected chi connectivity index (χ0v) is 10.8. The number of ether oxygens (including phenoxy) is 1. The number of carbonyl (C=O) groups is 1. The molecule has 2 aromatic carbocycles. The van der Waals surface area contributed by atoms with Gasteiger partial charge >= 0.3 is 0 Å². The molecule has 6 nitrogen and oxygen atoms in total. The van der Waals surface area contributed by atoms with E-state index in [2.05, 4.69) is 5.32 Å². The van der Waals surface area contributed by atoms with Gasteiger partial charge in [-0.05, 0) is 24.3 Å². The minimum atomic E-state index is -0.493. The molecular weight excluding hydrogens is 260 g/mol. The van der Waals surface area contributed by atoms with Crippen LogP contribution in [-0.2, 0) is 0 Å². The molecule has 0 spiro atoms. The number of rotatable bonds is 3. The predicted octanol–water partition coefficient (Wildman–Crippen LogP) is 1.94. The Balaban J connectivity index is 2.23. The molecule has 0 bridgehead atoms. The first-order chi connectivity index (χ1) is 9.49. The summed E-state index contributed by atoms with van der Waals surface area (Å²) in [5.41, 5.74) is 6.68. The van der Waals surface area contributed by atoms with Gasteiger partial charge in [0, 0.05) is 17.7 Å². The number of anilines is 2. The second kappa shape index (κ2) is 5.40. The summed E-state index contributed by atoms with van der Waals surface area (Å²) in [5, 5.41) is 21.3. The number of nitrogens with one attached hydrogen (secondary N) is 1. The number of phenols is 2. The molecule has 2 rings (SSSR count). The van der Waals surface area contributed by atoms with Crippen molar-refractivity contribution in [2.75, 3.05) is 18.2 Å². The van der Waals surface area contributed by atoms with Crippen LogP contribution in [0.3, 0.4) is 0 Å². The van der Waals surface area contributed by atoms with E-state index in [4.69, 9.17) is 10.5 Å². The van der Waals surface area contributed by atoms with E-state index in [1.807, 2.05) is 0 Å². The number of phenolic OH excluding ortho intramolecular Hbond substituents is 2. The smallest absolute Gasteiger partial charge is 0.255 e. The fraction of sp³-hybridized carbons (Fsp3) is 0.0714. The molecule has 0 radical (unpaired) electrons. The number of nitrogens with two attached hydrogens (primary N) is 1. The van der Waals surface area contributed by atoms with Crippen LogP contribution in [0.1, 0.15) is 10.4 Å². The summed E-state index contributed by atoms with van der Waals surface area (Å²) in [6, 6.07) is 8.47. The fourth-order valence-electron chi connectivity index (χ4n) is 1.70. The lowest BCUT2D eigenvalue weighted by Crippen LogP contribution is -2.13. The first-order valence-corrected chi connectivity index (χ1v) is 5.77. The van der Waals surface area contributed by atoms with Crippen LogP contribution in [0, 0.1) is 0 Å². The number of amides is 1. The Bertz CT molecular complexity index is 635. The number of aromatic hydroxyl groups is 2. The van der Waals surface area contributed by atoms with Crippen molar-refractivity contribution in [3.8, 4) is 17.2 Å². The third kappa shape index (κ3) is 2.92. The third-order valence-corrected chi connectivity index (χ3v) is 2.67. The molecular formula is C14H14N2O4.